The van der Waals surface area contributed by atoms with Crippen LogP contribution in [-0.2, 0) is 21.4 Å². The average Bonchev–Trinajstić information content (AvgIpc) is 2.77. The number of aromatic nitrogens is 2. The number of ether oxygens (including phenoxy) is 1. The molecule has 2 unspecified atom stereocenters. The molecule has 0 spiro atoms. The van der Waals surface area contributed by atoms with Crippen molar-refractivity contribution in [3.63, 3.8) is 0 Å². The van der Waals surface area contributed by atoms with Gasteiger partial charge in [-0.05, 0) is 13.3 Å². The lowest BCUT2D eigenvalue weighted by Crippen LogP contribution is -2.46. The molecular weight excluding hydrogens is 274 g/mol. The van der Waals surface area contributed by atoms with Gasteiger partial charge in [-0.1, -0.05) is 0 Å². The van der Waals surface area contributed by atoms with E-state index in [9.17, 15) is 14.7 Å². The lowest BCUT2D eigenvalue weighted by atomic mass is 9.84. The Bertz CT molecular complexity index is 540. The van der Waals surface area contributed by atoms with E-state index in [1.807, 2.05) is 6.92 Å². The lowest BCUT2D eigenvalue weighted by Gasteiger charge is -2.39. The highest BCUT2D eigenvalue weighted by Gasteiger charge is 2.41. The van der Waals surface area contributed by atoms with E-state index in [0.717, 1.165) is 11.3 Å². The van der Waals surface area contributed by atoms with Crippen molar-refractivity contribution >= 4 is 11.9 Å². The molecule has 0 aliphatic carbocycles. The molecule has 116 valence electrons. The van der Waals surface area contributed by atoms with Crippen molar-refractivity contribution in [2.75, 3.05) is 20.3 Å². The summed E-state index contributed by atoms with van der Waals surface area (Å²) in [6, 6.07) is -0.479. The van der Waals surface area contributed by atoms with Crippen LogP contribution in [0.25, 0.3) is 0 Å². The molecule has 2 rings (SSSR count). The number of carbonyl (C=O) groups is 2. The number of likely N-dealkylation sites (tertiary alicyclic amines) is 1. The van der Waals surface area contributed by atoms with Gasteiger partial charge in [0.05, 0.1) is 24.8 Å². The third-order valence-electron chi connectivity index (χ3n) is 4.15. The van der Waals surface area contributed by atoms with Gasteiger partial charge < -0.3 is 14.7 Å². The smallest absolute Gasteiger partial charge is 0.308 e. The van der Waals surface area contributed by atoms with Crippen LogP contribution in [0.15, 0.2) is 6.20 Å². The van der Waals surface area contributed by atoms with Crippen LogP contribution in [-0.4, -0.2) is 51.9 Å². The highest BCUT2D eigenvalue weighted by atomic mass is 16.5. The van der Waals surface area contributed by atoms with Gasteiger partial charge in [-0.25, -0.2) is 0 Å². The average molecular weight is 295 g/mol. The van der Waals surface area contributed by atoms with E-state index in [2.05, 4.69) is 5.10 Å². The number of amides is 1. The lowest BCUT2D eigenvalue weighted by molar-refractivity contribution is -0.152. The molecule has 1 N–H and O–H groups in total. The SMILES string of the molecule is COCCN1C(=O)CCC(C(=O)O)C1c1cnn(C)c1C. The molecule has 1 amide bonds. The number of methoxy groups -OCH3 is 1. The number of carboxylic acids is 1. The largest absolute Gasteiger partial charge is 0.481 e. The minimum absolute atomic E-state index is 0.0298. The molecule has 7 nitrogen and oxygen atoms in total. The molecule has 21 heavy (non-hydrogen) atoms. The molecule has 2 heterocycles. The number of aliphatic carboxylic acids is 1. The Hall–Kier alpha value is -1.89. The highest BCUT2D eigenvalue weighted by Crippen LogP contribution is 2.37. The molecule has 0 radical (unpaired) electrons. The number of hydrogen-bond donors (Lipinski definition) is 1. The van der Waals surface area contributed by atoms with Crippen molar-refractivity contribution in [2.24, 2.45) is 13.0 Å². The van der Waals surface area contributed by atoms with Gasteiger partial charge in [-0.3, -0.25) is 14.3 Å². The molecule has 1 aromatic rings. The zero-order valence-electron chi connectivity index (χ0n) is 12.6. The number of nitrogens with zero attached hydrogens (tertiary/aromatic N) is 3. The quantitative estimate of drug-likeness (QED) is 0.866. The second-order valence-corrected chi connectivity index (χ2v) is 5.32. The fourth-order valence-electron chi connectivity index (χ4n) is 2.86. The van der Waals surface area contributed by atoms with Gasteiger partial charge in [0.2, 0.25) is 5.91 Å². The summed E-state index contributed by atoms with van der Waals surface area (Å²) in [5, 5.41) is 13.7. The van der Waals surface area contributed by atoms with Gasteiger partial charge in [0, 0.05) is 38.4 Å². The molecule has 1 aromatic heterocycles. The second-order valence-electron chi connectivity index (χ2n) is 5.32. The summed E-state index contributed by atoms with van der Waals surface area (Å²) in [6.07, 6.45) is 2.28. The number of hydrogen-bond acceptors (Lipinski definition) is 4. The van der Waals surface area contributed by atoms with E-state index in [1.165, 1.54) is 0 Å². The van der Waals surface area contributed by atoms with E-state index in [0.29, 0.717) is 19.6 Å². The van der Waals surface area contributed by atoms with Crippen LogP contribution < -0.4 is 0 Å². The summed E-state index contributed by atoms with van der Waals surface area (Å²) in [5.74, 6) is -1.52. The van der Waals surface area contributed by atoms with E-state index >= 15 is 0 Å². The zero-order valence-corrected chi connectivity index (χ0v) is 12.6. The number of aryl methyl sites for hydroxylation is 1. The first kappa shape index (κ1) is 15.5. The predicted octanol–water partition coefficient (Wildman–Crippen LogP) is 0.739. The van der Waals surface area contributed by atoms with E-state index in [1.54, 1.807) is 29.9 Å². The van der Waals surface area contributed by atoms with Crippen molar-refractivity contribution in [1.82, 2.24) is 14.7 Å². The van der Waals surface area contributed by atoms with Gasteiger partial charge in [-0.2, -0.15) is 5.10 Å². The van der Waals surface area contributed by atoms with Crippen molar-refractivity contribution < 1.29 is 19.4 Å². The van der Waals surface area contributed by atoms with Crippen LogP contribution in [0.1, 0.15) is 30.1 Å². The maximum absolute atomic E-state index is 12.2. The van der Waals surface area contributed by atoms with Crippen LogP contribution in [0.5, 0.6) is 0 Å². The number of carbonyl (C=O) groups excluding carboxylic acids is 1. The maximum Gasteiger partial charge on any atom is 0.308 e. The van der Waals surface area contributed by atoms with Crippen molar-refractivity contribution in [3.05, 3.63) is 17.5 Å². The first-order chi connectivity index (χ1) is 9.97. The van der Waals surface area contributed by atoms with Crippen LogP contribution in [0, 0.1) is 12.8 Å². The fourth-order valence-corrected chi connectivity index (χ4v) is 2.86. The third kappa shape index (κ3) is 2.92. The van der Waals surface area contributed by atoms with E-state index < -0.39 is 17.9 Å². The minimum Gasteiger partial charge on any atom is -0.481 e. The van der Waals surface area contributed by atoms with Crippen molar-refractivity contribution in [3.8, 4) is 0 Å². The molecule has 0 saturated carbocycles. The summed E-state index contributed by atoms with van der Waals surface area (Å²) in [5.41, 5.74) is 1.68. The molecule has 1 aliphatic rings. The third-order valence-corrected chi connectivity index (χ3v) is 4.15. The molecule has 1 aliphatic heterocycles. The molecular formula is C14H21N3O4. The number of carboxylic acid groups (broad SMARTS) is 1. The Morgan fingerprint density at radius 3 is 2.81 bits per heavy atom. The van der Waals surface area contributed by atoms with Gasteiger partial charge in [0.1, 0.15) is 0 Å². The monoisotopic (exact) mass is 295 g/mol. The second kappa shape index (κ2) is 6.26. The van der Waals surface area contributed by atoms with Crippen LogP contribution in [0.4, 0.5) is 0 Å². The van der Waals surface area contributed by atoms with Gasteiger partial charge in [0.25, 0.3) is 0 Å². The number of piperidine rings is 1. The minimum atomic E-state index is -0.877. The number of rotatable bonds is 5. The fraction of sp³-hybridized carbons (Fsp3) is 0.643. The highest BCUT2D eigenvalue weighted by molar-refractivity contribution is 5.81. The summed E-state index contributed by atoms with van der Waals surface area (Å²) < 4.78 is 6.74. The molecule has 0 bridgehead atoms. The Morgan fingerprint density at radius 1 is 1.57 bits per heavy atom. The van der Waals surface area contributed by atoms with Crippen molar-refractivity contribution in [1.29, 1.82) is 0 Å². The van der Waals surface area contributed by atoms with Crippen LogP contribution >= 0.6 is 0 Å². The summed E-state index contributed by atoms with van der Waals surface area (Å²) >= 11 is 0. The zero-order chi connectivity index (χ0) is 15.6. The predicted molar refractivity (Wildman–Crippen MR) is 74.6 cm³/mol. The van der Waals surface area contributed by atoms with Crippen LogP contribution in [0.3, 0.4) is 0 Å². The van der Waals surface area contributed by atoms with Gasteiger partial charge >= 0.3 is 5.97 Å². The summed E-state index contributed by atoms with van der Waals surface area (Å²) in [6.45, 7) is 2.65. The topological polar surface area (TPSA) is 84.7 Å². The maximum atomic E-state index is 12.2. The van der Waals surface area contributed by atoms with Gasteiger partial charge in [0.15, 0.2) is 0 Å². The molecule has 7 heteroatoms. The van der Waals surface area contributed by atoms with E-state index in [4.69, 9.17) is 4.74 Å². The normalized spacial score (nSPS) is 22.6. The Labute approximate surface area is 123 Å². The van der Waals surface area contributed by atoms with Crippen LogP contribution in [0.2, 0.25) is 0 Å². The first-order valence-electron chi connectivity index (χ1n) is 6.97. The molecule has 2 atom stereocenters. The molecule has 0 aromatic carbocycles. The Kier molecular flexibility index (Phi) is 4.62. The Morgan fingerprint density at radius 2 is 2.29 bits per heavy atom. The summed E-state index contributed by atoms with van der Waals surface area (Å²) in [4.78, 5) is 25.4. The molecule has 1 fully saturated rings. The van der Waals surface area contributed by atoms with Crippen molar-refractivity contribution in [2.45, 2.75) is 25.8 Å². The first-order valence-corrected chi connectivity index (χ1v) is 6.97. The standard InChI is InChI=1S/C14H21N3O4/c1-9-11(8-15-16(9)2)13-10(14(19)20)4-5-12(18)17(13)6-7-21-3/h8,10,13H,4-7H2,1-3H3,(H,19,20). The molecule has 1 saturated heterocycles. The van der Waals surface area contributed by atoms with Gasteiger partial charge in [-0.15, -0.1) is 0 Å². The Balaban J connectivity index is 2.41. The summed E-state index contributed by atoms with van der Waals surface area (Å²) in [7, 11) is 3.37. The van der Waals surface area contributed by atoms with E-state index in [-0.39, 0.29) is 12.3 Å².